The standard InChI is InChI=1S/C26H30ClFN6O4S/c1-32(24(36)30-15-17-5-4-6-19(28)23(17)27)18(9-10-22(35)33-13-11-29-12-14-33)16-34(26(37)38)25-31-20-7-2-3-8-21(20)39-25/h2-8,18,29H,9-16H2,1H3,(H,30,36)(H,37,38). The highest BCUT2D eigenvalue weighted by Crippen LogP contribution is 2.29. The van der Waals surface area contributed by atoms with Crippen molar-refractivity contribution in [2.24, 2.45) is 0 Å². The van der Waals surface area contributed by atoms with Crippen molar-refractivity contribution in [2.75, 3.05) is 44.7 Å². The van der Waals surface area contributed by atoms with E-state index in [2.05, 4.69) is 15.6 Å². The topological polar surface area (TPSA) is 118 Å². The minimum absolute atomic E-state index is 0.0211. The third kappa shape index (κ3) is 7.14. The van der Waals surface area contributed by atoms with E-state index in [1.54, 1.807) is 24.1 Å². The minimum Gasteiger partial charge on any atom is -0.465 e. The number of piperazine rings is 1. The van der Waals surface area contributed by atoms with E-state index in [1.807, 2.05) is 18.2 Å². The third-order valence-electron chi connectivity index (χ3n) is 6.63. The van der Waals surface area contributed by atoms with Crippen LogP contribution in [0.25, 0.3) is 10.2 Å². The summed E-state index contributed by atoms with van der Waals surface area (Å²) < 4.78 is 14.7. The lowest BCUT2D eigenvalue weighted by atomic mass is 10.1. The van der Waals surface area contributed by atoms with Gasteiger partial charge in [0.1, 0.15) is 5.82 Å². The number of fused-ring (bicyclic) bond motifs is 1. The number of para-hydroxylation sites is 1. The Morgan fingerprint density at radius 1 is 1.21 bits per heavy atom. The van der Waals surface area contributed by atoms with Crippen LogP contribution in [0.4, 0.5) is 19.1 Å². The number of aromatic nitrogens is 1. The van der Waals surface area contributed by atoms with Crippen molar-refractivity contribution in [3.63, 3.8) is 0 Å². The van der Waals surface area contributed by atoms with Gasteiger partial charge in [0.15, 0.2) is 5.13 Å². The van der Waals surface area contributed by atoms with E-state index in [9.17, 15) is 23.9 Å². The number of nitrogens with zero attached hydrogens (tertiary/aromatic N) is 4. The summed E-state index contributed by atoms with van der Waals surface area (Å²) in [5.74, 6) is -0.641. The number of carboxylic acid groups (broad SMARTS) is 1. The molecule has 0 aliphatic carbocycles. The van der Waals surface area contributed by atoms with E-state index in [0.29, 0.717) is 37.3 Å². The van der Waals surface area contributed by atoms with Gasteiger partial charge in [0.05, 0.1) is 27.8 Å². The Bertz CT molecular complexity index is 1300. The third-order valence-corrected chi connectivity index (χ3v) is 8.11. The summed E-state index contributed by atoms with van der Waals surface area (Å²) in [6, 6.07) is 10.5. The van der Waals surface area contributed by atoms with Gasteiger partial charge in [0, 0.05) is 46.2 Å². The Morgan fingerprint density at radius 2 is 1.95 bits per heavy atom. The first-order chi connectivity index (χ1) is 18.7. The molecule has 0 spiro atoms. The molecule has 39 heavy (non-hydrogen) atoms. The van der Waals surface area contributed by atoms with Gasteiger partial charge in [-0.1, -0.05) is 47.2 Å². The molecule has 1 aliphatic rings. The quantitative estimate of drug-likeness (QED) is 0.354. The van der Waals surface area contributed by atoms with Crippen molar-refractivity contribution >= 4 is 56.3 Å². The maximum absolute atomic E-state index is 13.8. The number of rotatable bonds is 9. The molecule has 4 amide bonds. The largest absolute Gasteiger partial charge is 0.465 e. The average molecular weight is 577 g/mol. The summed E-state index contributed by atoms with van der Waals surface area (Å²) in [7, 11) is 1.54. The fourth-order valence-corrected chi connectivity index (χ4v) is 5.50. The van der Waals surface area contributed by atoms with Gasteiger partial charge in [0.2, 0.25) is 5.91 Å². The highest BCUT2D eigenvalue weighted by molar-refractivity contribution is 7.22. The number of carbonyl (C=O) groups excluding carboxylic acids is 2. The first kappa shape index (κ1) is 28.5. The number of hydrogen-bond donors (Lipinski definition) is 3. The molecule has 4 rings (SSSR count). The van der Waals surface area contributed by atoms with E-state index in [4.69, 9.17) is 11.6 Å². The summed E-state index contributed by atoms with van der Waals surface area (Å²) in [6.07, 6.45) is -0.833. The molecular weight excluding hydrogens is 547 g/mol. The van der Waals surface area contributed by atoms with Gasteiger partial charge in [-0.15, -0.1) is 0 Å². The Balaban J connectivity index is 1.51. The van der Waals surface area contributed by atoms with Crippen molar-refractivity contribution in [1.82, 2.24) is 25.4 Å². The van der Waals surface area contributed by atoms with Crippen LogP contribution in [0, 0.1) is 5.82 Å². The highest BCUT2D eigenvalue weighted by atomic mass is 35.5. The number of nitrogens with one attached hydrogen (secondary N) is 2. The summed E-state index contributed by atoms with van der Waals surface area (Å²) >= 11 is 7.25. The lowest BCUT2D eigenvalue weighted by Crippen LogP contribution is -2.50. The van der Waals surface area contributed by atoms with Crippen molar-refractivity contribution in [3.05, 3.63) is 58.9 Å². The van der Waals surface area contributed by atoms with E-state index < -0.39 is 24.0 Å². The number of anilines is 1. The van der Waals surface area contributed by atoms with Gasteiger partial charge < -0.3 is 25.5 Å². The van der Waals surface area contributed by atoms with Gasteiger partial charge >= 0.3 is 12.1 Å². The summed E-state index contributed by atoms with van der Waals surface area (Å²) in [5, 5.41) is 16.2. The SMILES string of the molecule is CN(C(=O)NCc1cccc(F)c1Cl)C(CCC(=O)N1CCNCC1)CN(C(=O)O)c1nc2ccccc2s1. The van der Waals surface area contributed by atoms with Crippen LogP contribution in [0.2, 0.25) is 5.02 Å². The maximum Gasteiger partial charge on any atom is 0.413 e. The molecule has 1 unspecified atom stereocenters. The van der Waals surface area contributed by atoms with E-state index in [1.165, 1.54) is 28.4 Å². The first-order valence-corrected chi connectivity index (χ1v) is 13.7. The van der Waals surface area contributed by atoms with Crippen molar-refractivity contribution in [3.8, 4) is 0 Å². The van der Waals surface area contributed by atoms with Crippen LogP contribution in [-0.2, 0) is 11.3 Å². The number of hydrogen-bond acceptors (Lipinski definition) is 6. The van der Waals surface area contributed by atoms with Crippen LogP contribution >= 0.6 is 22.9 Å². The highest BCUT2D eigenvalue weighted by Gasteiger charge is 2.29. The fraction of sp³-hybridized carbons (Fsp3) is 0.385. The predicted octanol–water partition coefficient (Wildman–Crippen LogP) is 4.00. The van der Waals surface area contributed by atoms with Crippen molar-refractivity contribution < 1.29 is 23.9 Å². The summed E-state index contributed by atoms with van der Waals surface area (Å²) in [4.78, 5) is 47.0. The molecule has 1 fully saturated rings. The maximum atomic E-state index is 13.8. The Hall–Kier alpha value is -3.48. The van der Waals surface area contributed by atoms with Crippen LogP contribution in [0.3, 0.4) is 0 Å². The van der Waals surface area contributed by atoms with Gasteiger partial charge in [-0.05, 0) is 30.2 Å². The zero-order chi connectivity index (χ0) is 27.9. The normalized spacial score (nSPS) is 14.2. The Morgan fingerprint density at radius 3 is 2.67 bits per heavy atom. The smallest absolute Gasteiger partial charge is 0.413 e. The molecule has 1 aliphatic heterocycles. The average Bonchev–Trinajstić information content (AvgIpc) is 3.37. The molecular formula is C26H30ClFN6O4S. The number of halogens is 2. The lowest BCUT2D eigenvalue weighted by Gasteiger charge is -2.32. The molecule has 10 nitrogen and oxygen atoms in total. The van der Waals surface area contributed by atoms with Crippen LogP contribution in [-0.4, -0.2) is 83.7 Å². The summed E-state index contributed by atoms with van der Waals surface area (Å²) in [5.41, 5.74) is 1.08. The fourth-order valence-electron chi connectivity index (χ4n) is 4.34. The molecule has 1 saturated heterocycles. The molecule has 2 heterocycles. The molecule has 13 heteroatoms. The summed E-state index contributed by atoms with van der Waals surface area (Å²) in [6.45, 7) is 2.51. The van der Waals surface area contributed by atoms with Gasteiger partial charge in [-0.25, -0.2) is 19.0 Å². The second-order valence-corrected chi connectivity index (χ2v) is 10.6. The molecule has 1 aromatic heterocycles. The van der Waals surface area contributed by atoms with E-state index >= 15 is 0 Å². The first-order valence-electron chi connectivity index (χ1n) is 12.5. The number of likely N-dealkylation sites (N-methyl/N-ethyl adjacent to an activating group) is 1. The van der Waals surface area contributed by atoms with Crippen molar-refractivity contribution in [1.29, 1.82) is 0 Å². The van der Waals surface area contributed by atoms with Crippen LogP contribution in [0.1, 0.15) is 18.4 Å². The molecule has 208 valence electrons. The number of carbonyl (C=O) groups is 3. The molecule has 1 atom stereocenters. The second kappa shape index (κ2) is 13.0. The van der Waals surface area contributed by atoms with Gasteiger partial charge in [0.25, 0.3) is 0 Å². The van der Waals surface area contributed by atoms with Gasteiger partial charge in [-0.3, -0.25) is 9.69 Å². The number of thiazole rings is 1. The van der Waals surface area contributed by atoms with Gasteiger partial charge in [-0.2, -0.15) is 0 Å². The van der Waals surface area contributed by atoms with Crippen molar-refractivity contribution in [2.45, 2.75) is 25.4 Å². The zero-order valence-corrected chi connectivity index (χ0v) is 23.0. The number of benzene rings is 2. The van der Waals surface area contributed by atoms with Crippen LogP contribution in [0.15, 0.2) is 42.5 Å². The number of amides is 4. The van der Waals surface area contributed by atoms with E-state index in [-0.39, 0.29) is 42.0 Å². The molecule has 0 bridgehead atoms. The molecule has 0 saturated carbocycles. The number of urea groups is 1. The molecule has 0 radical (unpaired) electrons. The Kier molecular flexibility index (Phi) is 9.54. The molecule has 3 aromatic rings. The molecule has 2 aromatic carbocycles. The van der Waals surface area contributed by atoms with Crippen LogP contribution < -0.4 is 15.5 Å². The minimum atomic E-state index is -1.21. The van der Waals surface area contributed by atoms with Crippen LogP contribution in [0.5, 0.6) is 0 Å². The monoisotopic (exact) mass is 576 g/mol. The van der Waals surface area contributed by atoms with E-state index in [0.717, 1.165) is 9.60 Å². The Labute approximate surface area is 234 Å². The predicted molar refractivity (Wildman–Crippen MR) is 149 cm³/mol. The lowest BCUT2D eigenvalue weighted by molar-refractivity contribution is -0.132. The zero-order valence-electron chi connectivity index (χ0n) is 21.4. The second-order valence-electron chi connectivity index (χ2n) is 9.16. The molecule has 3 N–H and O–H groups in total.